The Hall–Kier alpha value is -1.87. The third-order valence-electron chi connectivity index (χ3n) is 3.63. The van der Waals surface area contributed by atoms with Crippen LogP contribution in [0.15, 0.2) is 36.5 Å². The van der Waals surface area contributed by atoms with Crippen molar-refractivity contribution in [3.8, 4) is 5.69 Å². The maximum absolute atomic E-state index is 6.35. The van der Waals surface area contributed by atoms with Gasteiger partial charge in [-0.2, -0.15) is 0 Å². The fourth-order valence-corrected chi connectivity index (χ4v) is 2.76. The molecule has 0 aliphatic carbocycles. The van der Waals surface area contributed by atoms with Crippen LogP contribution in [0.25, 0.3) is 16.9 Å². The summed E-state index contributed by atoms with van der Waals surface area (Å²) in [5.41, 5.74) is 5.23. The summed E-state index contributed by atoms with van der Waals surface area (Å²) in [6.45, 7) is 6.12. The van der Waals surface area contributed by atoms with Crippen LogP contribution in [0.1, 0.15) is 36.2 Å². The molecule has 21 heavy (non-hydrogen) atoms. The molecule has 0 fully saturated rings. The lowest BCUT2D eigenvalue weighted by atomic mass is 10.1. The number of hydrogen-bond acceptors (Lipinski definition) is 2. The molecule has 4 heteroatoms. The van der Waals surface area contributed by atoms with E-state index >= 15 is 0 Å². The quantitative estimate of drug-likeness (QED) is 0.662. The third-order valence-corrected chi connectivity index (χ3v) is 3.82. The van der Waals surface area contributed by atoms with Crippen molar-refractivity contribution in [2.45, 2.75) is 32.6 Å². The number of alkyl halides is 1. The van der Waals surface area contributed by atoms with E-state index in [0.717, 1.165) is 34.7 Å². The SMILES string of the molecule is CCc1ccccc1-n1c(C(C)Cl)nc2cc(C)cnc21. The number of aromatic nitrogens is 3. The van der Waals surface area contributed by atoms with Gasteiger partial charge in [-0.3, -0.25) is 4.57 Å². The molecule has 3 rings (SSSR count). The van der Waals surface area contributed by atoms with E-state index in [1.807, 2.05) is 26.1 Å². The molecule has 1 atom stereocenters. The van der Waals surface area contributed by atoms with Gasteiger partial charge in [0, 0.05) is 6.20 Å². The summed E-state index contributed by atoms with van der Waals surface area (Å²) in [5, 5.41) is -0.176. The highest BCUT2D eigenvalue weighted by Gasteiger charge is 2.18. The number of fused-ring (bicyclic) bond motifs is 1. The number of imidazole rings is 1. The Morgan fingerprint density at radius 2 is 2.05 bits per heavy atom. The first-order valence-electron chi connectivity index (χ1n) is 7.19. The molecule has 0 radical (unpaired) electrons. The molecule has 0 N–H and O–H groups in total. The number of pyridine rings is 1. The minimum Gasteiger partial charge on any atom is -0.279 e. The number of benzene rings is 1. The van der Waals surface area contributed by atoms with Crippen molar-refractivity contribution in [2.75, 3.05) is 0 Å². The van der Waals surface area contributed by atoms with E-state index in [1.165, 1.54) is 5.56 Å². The van der Waals surface area contributed by atoms with Gasteiger partial charge < -0.3 is 0 Å². The van der Waals surface area contributed by atoms with Crippen molar-refractivity contribution in [1.29, 1.82) is 0 Å². The van der Waals surface area contributed by atoms with Crippen LogP contribution in [-0.4, -0.2) is 14.5 Å². The molecule has 0 aliphatic rings. The Morgan fingerprint density at radius 1 is 1.29 bits per heavy atom. The zero-order valence-corrected chi connectivity index (χ0v) is 13.2. The second-order valence-electron chi connectivity index (χ2n) is 5.26. The first-order valence-corrected chi connectivity index (χ1v) is 7.62. The fraction of sp³-hybridized carbons (Fsp3) is 0.294. The number of rotatable bonds is 3. The molecule has 0 bridgehead atoms. The molecular formula is C17H18ClN3. The van der Waals surface area contributed by atoms with Gasteiger partial charge in [0.25, 0.3) is 0 Å². The highest BCUT2D eigenvalue weighted by molar-refractivity contribution is 6.20. The molecule has 3 aromatic rings. The van der Waals surface area contributed by atoms with Crippen LogP contribution in [0, 0.1) is 6.92 Å². The van der Waals surface area contributed by atoms with E-state index < -0.39 is 0 Å². The van der Waals surface area contributed by atoms with Crippen molar-refractivity contribution in [3.63, 3.8) is 0 Å². The minimum atomic E-state index is -0.176. The van der Waals surface area contributed by atoms with Crippen LogP contribution in [0.5, 0.6) is 0 Å². The number of nitrogens with zero attached hydrogens (tertiary/aromatic N) is 3. The molecule has 0 amide bonds. The summed E-state index contributed by atoms with van der Waals surface area (Å²) >= 11 is 6.35. The van der Waals surface area contributed by atoms with Crippen LogP contribution in [0.3, 0.4) is 0 Å². The smallest absolute Gasteiger partial charge is 0.164 e. The van der Waals surface area contributed by atoms with Gasteiger partial charge in [0.05, 0.1) is 11.1 Å². The normalized spacial score (nSPS) is 12.8. The average molecular weight is 300 g/mol. The predicted octanol–water partition coefficient (Wildman–Crippen LogP) is 4.59. The van der Waals surface area contributed by atoms with E-state index in [-0.39, 0.29) is 5.38 Å². The van der Waals surface area contributed by atoms with Crippen LogP contribution >= 0.6 is 11.6 Å². The van der Waals surface area contributed by atoms with E-state index in [1.54, 1.807) is 0 Å². The summed E-state index contributed by atoms with van der Waals surface area (Å²) in [7, 11) is 0. The lowest BCUT2D eigenvalue weighted by molar-refractivity contribution is 0.867. The molecule has 0 aliphatic heterocycles. The highest BCUT2D eigenvalue weighted by atomic mass is 35.5. The molecule has 2 heterocycles. The monoisotopic (exact) mass is 299 g/mol. The number of para-hydroxylation sites is 1. The molecule has 0 saturated carbocycles. The standard InChI is InChI=1S/C17H18ClN3/c1-4-13-7-5-6-8-15(13)21-16(12(3)18)20-14-9-11(2)10-19-17(14)21/h5-10,12H,4H2,1-3H3. The van der Waals surface area contributed by atoms with Crippen LogP contribution in [-0.2, 0) is 6.42 Å². The second-order valence-corrected chi connectivity index (χ2v) is 5.91. The zero-order valence-electron chi connectivity index (χ0n) is 12.5. The van der Waals surface area contributed by atoms with Gasteiger partial charge in [0.15, 0.2) is 5.65 Å². The van der Waals surface area contributed by atoms with Crippen LogP contribution < -0.4 is 0 Å². The van der Waals surface area contributed by atoms with Gasteiger partial charge in [-0.05, 0) is 43.5 Å². The molecule has 1 aromatic carbocycles. The van der Waals surface area contributed by atoms with E-state index in [2.05, 4.69) is 40.7 Å². The highest BCUT2D eigenvalue weighted by Crippen LogP contribution is 2.29. The minimum absolute atomic E-state index is 0.176. The Morgan fingerprint density at radius 3 is 2.76 bits per heavy atom. The first-order chi connectivity index (χ1) is 10.1. The third kappa shape index (κ3) is 2.42. The molecular weight excluding hydrogens is 282 g/mol. The van der Waals surface area contributed by atoms with Crippen molar-refractivity contribution in [1.82, 2.24) is 14.5 Å². The topological polar surface area (TPSA) is 30.7 Å². The maximum atomic E-state index is 6.35. The van der Waals surface area contributed by atoms with Crippen LogP contribution in [0.4, 0.5) is 0 Å². The Balaban J connectivity index is 2.37. The molecule has 108 valence electrons. The van der Waals surface area contributed by atoms with Gasteiger partial charge in [-0.15, -0.1) is 11.6 Å². The Bertz CT molecular complexity index is 790. The van der Waals surface area contributed by atoms with Crippen molar-refractivity contribution in [3.05, 3.63) is 53.5 Å². The van der Waals surface area contributed by atoms with Gasteiger partial charge in [-0.25, -0.2) is 9.97 Å². The number of halogens is 1. The summed E-state index contributed by atoms with van der Waals surface area (Å²) in [6, 6.07) is 10.4. The summed E-state index contributed by atoms with van der Waals surface area (Å²) in [5.74, 6) is 0.839. The van der Waals surface area contributed by atoms with Crippen molar-refractivity contribution in [2.24, 2.45) is 0 Å². The molecule has 0 saturated heterocycles. The lowest BCUT2D eigenvalue weighted by Gasteiger charge is -2.13. The summed E-state index contributed by atoms with van der Waals surface area (Å²) in [6.07, 6.45) is 2.83. The predicted molar refractivity (Wildman–Crippen MR) is 87.2 cm³/mol. The summed E-state index contributed by atoms with van der Waals surface area (Å²) in [4.78, 5) is 9.27. The maximum Gasteiger partial charge on any atom is 0.164 e. The number of hydrogen-bond donors (Lipinski definition) is 0. The Kier molecular flexibility index (Phi) is 3.68. The first kappa shape index (κ1) is 14.1. The molecule has 3 nitrogen and oxygen atoms in total. The van der Waals surface area contributed by atoms with Gasteiger partial charge >= 0.3 is 0 Å². The second kappa shape index (κ2) is 5.49. The number of aryl methyl sites for hydroxylation is 2. The van der Waals surface area contributed by atoms with Gasteiger partial charge in [-0.1, -0.05) is 25.1 Å². The zero-order chi connectivity index (χ0) is 15.0. The van der Waals surface area contributed by atoms with Gasteiger partial charge in [0.2, 0.25) is 0 Å². The average Bonchev–Trinajstić information content (AvgIpc) is 2.85. The van der Waals surface area contributed by atoms with E-state index in [0.29, 0.717) is 0 Å². The fourth-order valence-electron chi connectivity index (χ4n) is 2.62. The van der Waals surface area contributed by atoms with Crippen LogP contribution in [0.2, 0.25) is 0 Å². The lowest BCUT2D eigenvalue weighted by Crippen LogP contribution is -2.05. The largest absolute Gasteiger partial charge is 0.279 e. The van der Waals surface area contributed by atoms with E-state index in [9.17, 15) is 0 Å². The molecule has 0 spiro atoms. The van der Waals surface area contributed by atoms with E-state index in [4.69, 9.17) is 16.6 Å². The Labute approximate surface area is 129 Å². The molecule has 2 aromatic heterocycles. The van der Waals surface area contributed by atoms with Gasteiger partial charge in [0.1, 0.15) is 11.3 Å². The van der Waals surface area contributed by atoms with Crippen molar-refractivity contribution >= 4 is 22.8 Å². The van der Waals surface area contributed by atoms with Crippen molar-refractivity contribution < 1.29 is 0 Å². The summed E-state index contributed by atoms with van der Waals surface area (Å²) < 4.78 is 2.09. The molecule has 1 unspecified atom stereocenters.